The molecule has 0 saturated carbocycles. The van der Waals surface area contributed by atoms with Gasteiger partial charge in [-0.1, -0.05) is 29.8 Å². The van der Waals surface area contributed by atoms with E-state index in [2.05, 4.69) is 6.07 Å². The second-order valence-corrected chi connectivity index (χ2v) is 5.66. The van der Waals surface area contributed by atoms with Crippen molar-refractivity contribution < 1.29 is 18.3 Å². The molecular weight excluding hydrogens is 336 g/mol. The predicted octanol–water partition coefficient (Wildman–Crippen LogP) is 4.57. The zero-order chi connectivity index (χ0) is 17.7. The van der Waals surface area contributed by atoms with Gasteiger partial charge in [0.2, 0.25) is 0 Å². The fourth-order valence-electron chi connectivity index (χ4n) is 2.50. The minimum Gasteiger partial charge on any atom is -0.469 e. The van der Waals surface area contributed by atoms with Gasteiger partial charge in [0.1, 0.15) is 0 Å². The van der Waals surface area contributed by atoms with Crippen LogP contribution < -0.4 is 0 Å². The van der Waals surface area contributed by atoms with Gasteiger partial charge in [-0.25, -0.2) is 8.78 Å². The Hall–Kier alpha value is -2.45. The molecule has 2 rings (SSSR count). The number of rotatable bonds is 5. The Morgan fingerprint density at radius 3 is 2.33 bits per heavy atom. The highest BCUT2D eigenvalue weighted by Gasteiger charge is 2.28. The molecule has 0 amide bonds. The van der Waals surface area contributed by atoms with E-state index in [-0.39, 0.29) is 6.42 Å². The van der Waals surface area contributed by atoms with Crippen molar-refractivity contribution in [1.82, 2.24) is 0 Å². The monoisotopic (exact) mass is 349 g/mol. The summed E-state index contributed by atoms with van der Waals surface area (Å²) >= 11 is 5.87. The molecule has 2 atom stereocenters. The van der Waals surface area contributed by atoms with Gasteiger partial charge in [-0.2, -0.15) is 5.26 Å². The lowest BCUT2D eigenvalue weighted by molar-refractivity contribution is -0.141. The third-order valence-electron chi connectivity index (χ3n) is 3.76. The lowest BCUT2D eigenvalue weighted by atomic mass is 9.80. The molecule has 2 aromatic rings. The summed E-state index contributed by atoms with van der Waals surface area (Å²) < 4.78 is 31.4. The van der Waals surface area contributed by atoms with E-state index in [1.54, 1.807) is 24.3 Å². The van der Waals surface area contributed by atoms with Gasteiger partial charge >= 0.3 is 5.97 Å². The fourth-order valence-corrected chi connectivity index (χ4v) is 2.63. The maximum atomic E-state index is 13.5. The normalized spacial score (nSPS) is 13.0. The summed E-state index contributed by atoms with van der Waals surface area (Å²) in [5.41, 5.74) is 0.973. The van der Waals surface area contributed by atoms with Gasteiger partial charge in [0.05, 0.1) is 25.5 Å². The first-order chi connectivity index (χ1) is 11.5. The molecule has 3 nitrogen and oxygen atoms in total. The lowest BCUT2D eigenvalue weighted by Crippen LogP contribution is -2.16. The molecule has 24 heavy (non-hydrogen) atoms. The maximum Gasteiger partial charge on any atom is 0.306 e. The van der Waals surface area contributed by atoms with Crippen LogP contribution in [0.2, 0.25) is 5.02 Å². The van der Waals surface area contributed by atoms with E-state index in [0.717, 1.165) is 12.1 Å². The second kappa shape index (κ2) is 7.89. The second-order valence-electron chi connectivity index (χ2n) is 5.22. The summed E-state index contributed by atoms with van der Waals surface area (Å²) in [4.78, 5) is 11.7. The Labute approximate surface area is 143 Å². The van der Waals surface area contributed by atoms with Crippen LogP contribution in [0.5, 0.6) is 0 Å². The molecule has 124 valence electrons. The summed E-state index contributed by atoms with van der Waals surface area (Å²) in [6, 6.07) is 12.0. The Balaban J connectivity index is 2.46. The molecule has 0 aliphatic heterocycles. The first kappa shape index (κ1) is 17.9. The number of benzene rings is 2. The Kier molecular flexibility index (Phi) is 5.88. The summed E-state index contributed by atoms with van der Waals surface area (Å²) in [5.74, 6) is -3.96. The molecule has 2 aromatic carbocycles. The van der Waals surface area contributed by atoms with E-state index < -0.39 is 29.4 Å². The highest BCUT2D eigenvalue weighted by atomic mass is 35.5. The van der Waals surface area contributed by atoms with Gasteiger partial charge in [-0.3, -0.25) is 4.79 Å². The SMILES string of the molecule is COC(=O)CC(c1ccc(Cl)cc1)C(C#N)c1ccc(F)c(F)c1. The number of nitrogens with zero attached hydrogens (tertiary/aromatic N) is 1. The third kappa shape index (κ3) is 4.09. The first-order valence-corrected chi connectivity index (χ1v) is 7.51. The van der Waals surface area contributed by atoms with Crippen LogP contribution in [0.1, 0.15) is 29.4 Å². The third-order valence-corrected chi connectivity index (χ3v) is 4.01. The zero-order valence-corrected chi connectivity index (χ0v) is 13.6. The number of carbonyl (C=O) groups is 1. The van der Waals surface area contributed by atoms with E-state index in [0.29, 0.717) is 16.1 Å². The van der Waals surface area contributed by atoms with Crippen molar-refractivity contribution in [2.24, 2.45) is 0 Å². The molecular formula is C18H14ClF2NO2. The molecule has 0 fully saturated rings. The Morgan fingerprint density at radius 1 is 1.17 bits per heavy atom. The number of hydrogen-bond donors (Lipinski definition) is 0. The van der Waals surface area contributed by atoms with Crippen LogP contribution >= 0.6 is 11.6 Å². The fraction of sp³-hybridized carbons (Fsp3) is 0.222. The topological polar surface area (TPSA) is 50.1 Å². The quantitative estimate of drug-likeness (QED) is 0.743. The highest BCUT2D eigenvalue weighted by Crippen LogP contribution is 2.36. The number of halogens is 3. The van der Waals surface area contributed by atoms with Crippen molar-refractivity contribution in [2.45, 2.75) is 18.3 Å². The average Bonchev–Trinajstić information content (AvgIpc) is 2.58. The summed E-state index contributed by atoms with van der Waals surface area (Å²) in [5, 5.41) is 10.1. The number of carbonyl (C=O) groups excluding carboxylic acids is 1. The summed E-state index contributed by atoms with van der Waals surface area (Å²) in [7, 11) is 1.25. The van der Waals surface area contributed by atoms with Crippen molar-refractivity contribution in [3.8, 4) is 6.07 Å². The molecule has 0 saturated heterocycles. The van der Waals surface area contributed by atoms with Crippen LogP contribution in [-0.4, -0.2) is 13.1 Å². The first-order valence-electron chi connectivity index (χ1n) is 7.13. The maximum absolute atomic E-state index is 13.5. The van der Waals surface area contributed by atoms with Gasteiger partial charge in [0.15, 0.2) is 11.6 Å². The van der Waals surface area contributed by atoms with Crippen LogP contribution in [0.15, 0.2) is 42.5 Å². The Morgan fingerprint density at radius 2 is 1.79 bits per heavy atom. The lowest BCUT2D eigenvalue weighted by Gasteiger charge is -2.22. The minimum atomic E-state index is -1.04. The highest BCUT2D eigenvalue weighted by molar-refractivity contribution is 6.30. The van der Waals surface area contributed by atoms with Crippen LogP contribution in [0.3, 0.4) is 0 Å². The van der Waals surface area contributed by atoms with Crippen molar-refractivity contribution in [1.29, 1.82) is 5.26 Å². The molecule has 0 N–H and O–H groups in total. The van der Waals surface area contributed by atoms with Gasteiger partial charge in [0.25, 0.3) is 0 Å². The van der Waals surface area contributed by atoms with E-state index in [9.17, 15) is 18.8 Å². The van der Waals surface area contributed by atoms with Crippen LogP contribution in [0.4, 0.5) is 8.78 Å². The predicted molar refractivity (Wildman–Crippen MR) is 85.5 cm³/mol. The largest absolute Gasteiger partial charge is 0.469 e. The molecule has 0 spiro atoms. The molecule has 2 unspecified atom stereocenters. The van der Waals surface area contributed by atoms with E-state index in [1.165, 1.54) is 13.2 Å². The van der Waals surface area contributed by atoms with Crippen molar-refractivity contribution >= 4 is 17.6 Å². The van der Waals surface area contributed by atoms with E-state index >= 15 is 0 Å². The number of methoxy groups -OCH3 is 1. The van der Waals surface area contributed by atoms with Crippen LogP contribution in [0.25, 0.3) is 0 Å². The summed E-state index contributed by atoms with van der Waals surface area (Å²) in [6.07, 6.45) is -0.0741. The van der Waals surface area contributed by atoms with E-state index in [4.69, 9.17) is 16.3 Å². The van der Waals surface area contributed by atoms with Crippen LogP contribution in [0, 0.1) is 23.0 Å². The van der Waals surface area contributed by atoms with Crippen LogP contribution in [-0.2, 0) is 9.53 Å². The molecule has 0 bridgehead atoms. The number of hydrogen-bond acceptors (Lipinski definition) is 3. The molecule has 0 aromatic heterocycles. The van der Waals surface area contributed by atoms with E-state index in [1.807, 2.05) is 0 Å². The molecule has 0 radical (unpaired) electrons. The van der Waals surface area contributed by atoms with Gasteiger partial charge < -0.3 is 4.74 Å². The minimum absolute atomic E-state index is 0.0741. The van der Waals surface area contributed by atoms with Gasteiger partial charge in [-0.15, -0.1) is 0 Å². The molecule has 6 heteroatoms. The zero-order valence-electron chi connectivity index (χ0n) is 12.8. The van der Waals surface area contributed by atoms with Gasteiger partial charge in [-0.05, 0) is 35.4 Å². The van der Waals surface area contributed by atoms with Gasteiger partial charge in [0, 0.05) is 10.9 Å². The smallest absolute Gasteiger partial charge is 0.306 e. The molecule has 0 heterocycles. The van der Waals surface area contributed by atoms with Crippen molar-refractivity contribution in [2.75, 3.05) is 7.11 Å². The summed E-state index contributed by atoms with van der Waals surface area (Å²) in [6.45, 7) is 0. The average molecular weight is 350 g/mol. The number of nitriles is 1. The van der Waals surface area contributed by atoms with Crippen molar-refractivity contribution in [3.63, 3.8) is 0 Å². The number of esters is 1. The Bertz CT molecular complexity index is 772. The number of ether oxygens (including phenoxy) is 1. The molecule has 0 aliphatic carbocycles. The van der Waals surface area contributed by atoms with Crippen molar-refractivity contribution in [3.05, 3.63) is 70.2 Å². The standard InChI is InChI=1S/C18H14ClF2NO2/c1-24-18(23)9-14(11-2-5-13(19)6-3-11)15(10-22)12-4-7-16(20)17(21)8-12/h2-8,14-15H,9H2,1H3. The molecule has 0 aliphatic rings.